The number of fused-ring (bicyclic) bond motifs is 1. The van der Waals surface area contributed by atoms with Gasteiger partial charge in [0.15, 0.2) is 0 Å². The van der Waals surface area contributed by atoms with Crippen molar-refractivity contribution >= 4 is 28.2 Å². The van der Waals surface area contributed by atoms with Gasteiger partial charge in [0.1, 0.15) is 17.9 Å². The minimum Gasteiger partial charge on any atom is -0.365 e. The zero-order chi connectivity index (χ0) is 15.7. The summed E-state index contributed by atoms with van der Waals surface area (Å²) in [5.41, 5.74) is 6.96. The molecule has 1 aliphatic carbocycles. The number of rotatable bonds is 4. The van der Waals surface area contributed by atoms with Crippen LogP contribution in [0.3, 0.4) is 0 Å². The Labute approximate surface area is 130 Å². The molecule has 2 amide bonds. The van der Waals surface area contributed by atoms with Gasteiger partial charge in [-0.2, -0.15) is 0 Å². The van der Waals surface area contributed by atoms with Crippen LogP contribution in [0.2, 0.25) is 0 Å². The van der Waals surface area contributed by atoms with E-state index in [1.54, 1.807) is 0 Å². The van der Waals surface area contributed by atoms with E-state index in [1.165, 1.54) is 22.3 Å². The number of thiophene rings is 1. The third-order valence-corrected chi connectivity index (χ3v) is 4.88. The Morgan fingerprint density at radius 2 is 2.36 bits per heavy atom. The first-order valence-electron chi connectivity index (χ1n) is 6.99. The van der Waals surface area contributed by atoms with Gasteiger partial charge in [-0.25, -0.2) is 4.68 Å². The number of tetrazole rings is 1. The monoisotopic (exact) mass is 320 g/mol. The highest BCUT2D eigenvalue weighted by Gasteiger charge is 2.27. The summed E-state index contributed by atoms with van der Waals surface area (Å²) < 4.78 is 1.31. The molecule has 116 valence electrons. The second-order valence-electron chi connectivity index (χ2n) is 5.48. The molecule has 0 unspecified atom stereocenters. The fraction of sp³-hybridized carbons (Fsp3) is 0.462. The van der Waals surface area contributed by atoms with Crippen molar-refractivity contribution in [2.24, 2.45) is 11.7 Å². The van der Waals surface area contributed by atoms with E-state index >= 15 is 0 Å². The highest BCUT2D eigenvalue weighted by Crippen LogP contribution is 2.39. The maximum atomic E-state index is 12.1. The zero-order valence-electron chi connectivity index (χ0n) is 12.1. The minimum absolute atomic E-state index is 0.00975. The fourth-order valence-corrected chi connectivity index (χ4v) is 4.10. The molecule has 0 saturated carbocycles. The predicted octanol–water partition coefficient (Wildman–Crippen LogP) is 0.597. The highest BCUT2D eigenvalue weighted by molar-refractivity contribution is 7.17. The number of anilines is 1. The quantitative estimate of drug-likeness (QED) is 0.855. The number of carbonyl (C=O) groups is 2. The molecule has 2 aromatic heterocycles. The Balaban J connectivity index is 1.84. The van der Waals surface area contributed by atoms with E-state index in [9.17, 15) is 9.59 Å². The molecule has 3 N–H and O–H groups in total. The van der Waals surface area contributed by atoms with Crippen molar-refractivity contribution in [2.45, 2.75) is 32.7 Å². The number of nitrogens with two attached hydrogens (primary N) is 1. The van der Waals surface area contributed by atoms with Gasteiger partial charge in [-0.3, -0.25) is 9.59 Å². The molecule has 0 saturated heterocycles. The number of nitrogens with zero attached hydrogens (tertiary/aromatic N) is 4. The van der Waals surface area contributed by atoms with Gasteiger partial charge in [-0.1, -0.05) is 6.92 Å². The first-order valence-corrected chi connectivity index (χ1v) is 7.81. The summed E-state index contributed by atoms with van der Waals surface area (Å²) in [5, 5.41) is 13.9. The van der Waals surface area contributed by atoms with Gasteiger partial charge < -0.3 is 11.1 Å². The summed E-state index contributed by atoms with van der Waals surface area (Å²) >= 11 is 1.44. The Morgan fingerprint density at radius 1 is 1.55 bits per heavy atom. The van der Waals surface area contributed by atoms with Gasteiger partial charge in [-0.05, 0) is 41.2 Å². The molecule has 22 heavy (non-hydrogen) atoms. The molecule has 2 heterocycles. The average Bonchev–Trinajstić information content (AvgIpc) is 3.04. The first-order chi connectivity index (χ1) is 10.5. The van der Waals surface area contributed by atoms with E-state index in [0.717, 1.165) is 29.7 Å². The smallest absolute Gasteiger partial charge is 0.251 e. The Kier molecular flexibility index (Phi) is 3.88. The van der Waals surface area contributed by atoms with Crippen molar-refractivity contribution in [1.82, 2.24) is 20.2 Å². The molecular weight excluding hydrogens is 304 g/mol. The van der Waals surface area contributed by atoms with E-state index in [1.807, 2.05) is 0 Å². The third-order valence-electron chi connectivity index (χ3n) is 3.71. The Bertz CT molecular complexity index is 708. The molecule has 3 rings (SSSR count). The van der Waals surface area contributed by atoms with Crippen LogP contribution in [0.5, 0.6) is 0 Å². The maximum Gasteiger partial charge on any atom is 0.251 e. The van der Waals surface area contributed by atoms with E-state index in [2.05, 4.69) is 27.8 Å². The lowest BCUT2D eigenvalue weighted by Gasteiger charge is -2.18. The predicted molar refractivity (Wildman–Crippen MR) is 80.5 cm³/mol. The van der Waals surface area contributed by atoms with Crippen LogP contribution in [0.25, 0.3) is 0 Å². The average molecular weight is 320 g/mol. The molecule has 2 aromatic rings. The molecule has 9 heteroatoms. The van der Waals surface area contributed by atoms with Crippen LogP contribution in [-0.4, -0.2) is 32.0 Å². The number of primary amides is 1. The van der Waals surface area contributed by atoms with Crippen LogP contribution in [0.15, 0.2) is 6.33 Å². The zero-order valence-corrected chi connectivity index (χ0v) is 12.9. The lowest BCUT2D eigenvalue weighted by Crippen LogP contribution is -2.22. The van der Waals surface area contributed by atoms with Crippen molar-refractivity contribution in [1.29, 1.82) is 0 Å². The number of carbonyl (C=O) groups excluding carboxylic acids is 2. The molecule has 1 atom stereocenters. The van der Waals surface area contributed by atoms with Crippen LogP contribution < -0.4 is 11.1 Å². The van der Waals surface area contributed by atoms with Gasteiger partial charge in [-0.15, -0.1) is 16.4 Å². The van der Waals surface area contributed by atoms with Gasteiger partial charge in [0.05, 0.1) is 5.56 Å². The molecule has 8 nitrogen and oxygen atoms in total. The molecule has 0 spiro atoms. The fourth-order valence-electron chi connectivity index (χ4n) is 2.67. The van der Waals surface area contributed by atoms with Crippen LogP contribution in [0, 0.1) is 5.92 Å². The van der Waals surface area contributed by atoms with Crippen molar-refractivity contribution < 1.29 is 9.59 Å². The van der Waals surface area contributed by atoms with Crippen LogP contribution >= 0.6 is 11.3 Å². The number of aromatic nitrogens is 4. The number of hydrogen-bond donors (Lipinski definition) is 2. The number of hydrogen-bond acceptors (Lipinski definition) is 6. The highest BCUT2D eigenvalue weighted by atomic mass is 32.1. The maximum absolute atomic E-state index is 12.1. The first kappa shape index (κ1) is 14.6. The molecule has 0 fully saturated rings. The van der Waals surface area contributed by atoms with Crippen LogP contribution in [-0.2, 0) is 24.2 Å². The van der Waals surface area contributed by atoms with E-state index < -0.39 is 5.91 Å². The normalized spacial score (nSPS) is 17.0. The van der Waals surface area contributed by atoms with Gasteiger partial charge in [0.25, 0.3) is 5.91 Å². The summed E-state index contributed by atoms with van der Waals surface area (Å²) in [4.78, 5) is 25.0. The van der Waals surface area contributed by atoms with Crippen molar-refractivity contribution in [3.8, 4) is 0 Å². The van der Waals surface area contributed by atoms with Gasteiger partial charge in [0.2, 0.25) is 5.91 Å². The molecule has 0 aromatic carbocycles. The van der Waals surface area contributed by atoms with Crippen LogP contribution in [0.1, 0.15) is 34.1 Å². The Hall–Kier alpha value is -2.29. The minimum atomic E-state index is -0.496. The Morgan fingerprint density at radius 3 is 3.05 bits per heavy atom. The molecule has 0 aliphatic heterocycles. The van der Waals surface area contributed by atoms with Crippen molar-refractivity contribution in [2.75, 3.05) is 5.32 Å². The van der Waals surface area contributed by atoms with E-state index in [-0.39, 0.29) is 12.5 Å². The van der Waals surface area contributed by atoms with E-state index in [0.29, 0.717) is 16.5 Å². The lowest BCUT2D eigenvalue weighted by atomic mass is 9.88. The summed E-state index contributed by atoms with van der Waals surface area (Å²) in [6, 6.07) is 0. The van der Waals surface area contributed by atoms with Gasteiger partial charge >= 0.3 is 0 Å². The molecule has 1 aliphatic rings. The standard InChI is InChI=1S/C13H16N6O2S/c1-7-2-3-8-9(4-7)22-13(11(8)12(14)21)16-10(20)5-19-6-15-17-18-19/h6-7H,2-5H2,1H3,(H2,14,21)(H,16,20)/t7-/m1/s1. The lowest BCUT2D eigenvalue weighted by molar-refractivity contribution is -0.116. The number of nitrogens with one attached hydrogen (secondary N) is 1. The van der Waals surface area contributed by atoms with Crippen molar-refractivity contribution in [3.05, 3.63) is 22.3 Å². The second-order valence-corrected chi connectivity index (χ2v) is 6.58. The van der Waals surface area contributed by atoms with Crippen molar-refractivity contribution in [3.63, 3.8) is 0 Å². The summed E-state index contributed by atoms with van der Waals surface area (Å²) in [7, 11) is 0. The number of amides is 2. The topological polar surface area (TPSA) is 116 Å². The SMILES string of the molecule is C[C@@H]1CCc2c(sc(NC(=O)Cn3cnnn3)c2C(N)=O)C1. The molecule has 0 bridgehead atoms. The molecule has 0 radical (unpaired) electrons. The summed E-state index contributed by atoms with van der Waals surface area (Å²) in [6.45, 7) is 2.17. The van der Waals surface area contributed by atoms with Crippen LogP contribution in [0.4, 0.5) is 5.00 Å². The van der Waals surface area contributed by atoms with Gasteiger partial charge in [0, 0.05) is 4.88 Å². The molecular formula is C13H16N6O2S. The van der Waals surface area contributed by atoms with E-state index in [4.69, 9.17) is 5.73 Å². The summed E-state index contributed by atoms with van der Waals surface area (Å²) in [6.07, 6.45) is 4.13. The second kappa shape index (κ2) is 5.84. The largest absolute Gasteiger partial charge is 0.365 e. The third kappa shape index (κ3) is 2.84. The summed E-state index contributed by atoms with van der Waals surface area (Å²) in [5.74, 6) is -0.206.